The van der Waals surface area contributed by atoms with E-state index in [9.17, 15) is 38.2 Å². The van der Waals surface area contributed by atoms with Crippen LogP contribution in [-0.4, -0.2) is 120 Å². The normalized spacial score (nSPS) is 14.5. The maximum atomic E-state index is 13.9. The second-order valence-electron chi connectivity index (χ2n) is 12.1. The quantitative estimate of drug-likeness (QED) is 0.0667. The highest BCUT2D eigenvalue weighted by Crippen LogP contribution is 2.33. The van der Waals surface area contributed by atoms with E-state index in [1.807, 2.05) is 36.4 Å². The number of ether oxygens (including phenoxy) is 3. The van der Waals surface area contributed by atoms with E-state index in [4.69, 9.17) is 19.2 Å². The molecule has 1 fully saturated rings. The van der Waals surface area contributed by atoms with E-state index < -0.39 is 45.5 Å². The Labute approximate surface area is 305 Å². The van der Waals surface area contributed by atoms with Gasteiger partial charge in [-0.05, 0) is 43.5 Å². The summed E-state index contributed by atoms with van der Waals surface area (Å²) in [5.74, 6) is 0.0286. The van der Waals surface area contributed by atoms with Gasteiger partial charge in [-0.25, -0.2) is 13.4 Å². The first kappa shape index (κ1) is 40.9. The van der Waals surface area contributed by atoms with E-state index in [2.05, 4.69) is 14.7 Å². The Hall–Kier alpha value is -4.86. The second kappa shape index (κ2) is 19.3. The molecule has 4 rings (SSSR count). The first-order valence-corrected chi connectivity index (χ1v) is 18.7. The topological polar surface area (TPSA) is 241 Å². The van der Waals surface area contributed by atoms with Crippen LogP contribution in [0.2, 0.25) is 0 Å². The predicted octanol–water partition coefficient (Wildman–Crippen LogP) is 2.19. The van der Waals surface area contributed by atoms with E-state index in [0.717, 1.165) is 24.8 Å². The molecule has 1 aliphatic rings. The molecule has 1 aromatic carbocycles. The highest BCUT2D eigenvalue weighted by atomic mass is 32.2. The van der Waals surface area contributed by atoms with Crippen molar-refractivity contribution in [2.24, 2.45) is 0 Å². The van der Waals surface area contributed by atoms with Gasteiger partial charge in [-0.3, -0.25) is 14.5 Å². The zero-order valence-electron chi connectivity index (χ0n) is 29.9. The fourth-order valence-corrected chi connectivity index (χ4v) is 7.19. The van der Waals surface area contributed by atoms with Crippen LogP contribution >= 0.6 is 0 Å². The number of carbonyl (C=O) groups excluding carboxylic acids is 1. The average Bonchev–Trinajstić information content (AvgIpc) is 3.49. The number of aromatic nitrogens is 3. The summed E-state index contributed by atoms with van der Waals surface area (Å²) in [5, 5.41) is 18.6. The molecule has 21 heteroatoms. The Morgan fingerprint density at radius 1 is 1.02 bits per heavy atom. The summed E-state index contributed by atoms with van der Waals surface area (Å²) < 4.78 is 47.3. The van der Waals surface area contributed by atoms with Gasteiger partial charge in [0.15, 0.2) is 6.10 Å². The number of nitrogens with zero attached hydrogens (tertiary/aromatic N) is 6. The van der Waals surface area contributed by atoms with Crippen molar-refractivity contribution in [3.05, 3.63) is 60.5 Å². The van der Waals surface area contributed by atoms with Crippen molar-refractivity contribution in [2.45, 2.75) is 64.0 Å². The van der Waals surface area contributed by atoms with Crippen LogP contribution in [-0.2, 0) is 46.9 Å². The van der Waals surface area contributed by atoms with E-state index in [1.54, 1.807) is 6.07 Å². The summed E-state index contributed by atoms with van der Waals surface area (Å²) in [6.07, 6.45) is 2.72. The van der Waals surface area contributed by atoms with Crippen molar-refractivity contribution >= 4 is 27.0 Å². The lowest BCUT2D eigenvalue weighted by molar-refractivity contribution is -0.790. The smallest absolute Gasteiger partial charge is 0.308 e. The zero-order chi connectivity index (χ0) is 38.5. The third-order valence-corrected chi connectivity index (χ3v) is 10.2. The molecule has 3 aromatic rings. The molecule has 53 heavy (non-hydrogen) atoms. The molecule has 0 saturated carbocycles. The number of aryl methyl sites for hydroxylation is 2. The zero-order valence-corrected chi connectivity index (χ0v) is 30.7. The maximum absolute atomic E-state index is 13.9. The third kappa shape index (κ3) is 11.1. The molecule has 20 nitrogen and oxygen atoms in total. The summed E-state index contributed by atoms with van der Waals surface area (Å²) in [7, 11) is -3.95. The molecule has 1 N–H and O–H groups in total. The summed E-state index contributed by atoms with van der Waals surface area (Å²) in [5.41, 5.74) is 2.03. The number of rotatable bonds is 22. The van der Waals surface area contributed by atoms with Crippen LogP contribution in [0.4, 0.5) is 0 Å². The van der Waals surface area contributed by atoms with Crippen LogP contribution < -0.4 is 10.3 Å². The standard InChI is InChI=1S/C32H45N7O13S/c1-4-7-23-20-36(6-3)30-29(23)33-31(34-32(30)41)26-19-25(8-9-27(26)49-16-5-2)53(46,47)37-13-11-35(12-14-37)15-18-50-28(40)10-17-48-21-24(52-39(44)45)22-51-38(42)43/h8-9,19-20,24H,4-7,10-18,21-22H2,1-3H3,(H,33,34,41)/t24-/m0/s1. The lowest BCUT2D eigenvalue weighted by atomic mass is 10.1. The molecule has 3 heterocycles. The van der Waals surface area contributed by atoms with Crippen LogP contribution in [0.25, 0.3) is 22.4 Å². The van der Waals surface area contributed by atoms with Gasteiger partial charge in [0, 0.05) is 45.5 Å². The number of fused-ring (bicyclic) bond motifs is 1. The highest BCUT2D eigenvalue weighted by Gasteiger charge is 2.30. The van der Waals surface area contributed by atoms with Crippen molar-refractivity contribution in [1.29, 1.82) is 0 Å². The molecule has 292 valence electrons. The van der Waals surface area contributed by atoms with Crippen LogP contribution in [0.3, 0.4) is 0 Å². The van der Waals surface area contributed by atoms with Gasteiger partial charge in [0.25, 0.3) is 15.7 Å². The molecule has 0 spiro atoms. The minimum absolute atomic E-state index is 0.0326. The number of carbonyl (C=O) groups is 1. The van der Waals surface area contributed by atoms with Gasteiger partial charge in [-0.1, -0.05) is 20.3 Å². The SMILES string of the molecule is CCCOc1ccc(S(=O)(=O)N2CCN(CCOC(=O)CCOC[C@@H](CO[N+](=O)[O-])O[N+](=O)[O-])CC2)cc1-c1nc2c(CCC)cn(CC)c2c(=O)[nH]1. The molecule has 0 bridgehead atoms. The number of hydrogen-bond donors (Lipinski definition) is 1. The Morgan fingerprint density at radius 3 is 2.43 bits per heavy atom. The van der Waals surface area contributed by atoms with Crippen LogP contribution in [0.15, 0.2) is 34.1 Å². The summed E-state index contributed by atoms with van der Waals surface area (Å²) in [6.45, 7) is 7.14. The van der Waals surface area contributed by atoms with Gasteiger partial charge in [0.2, 0.25) is 10.0 Å². The van der Waals surface area contributed by atoms with Crippen molar-refractivity contribution in [3.8, 4) is 17.1 Å². The van der Waals surface area contributed by atoms with Gasteiger partial charge in [-0.2, -0.15) is 4.31 Å². The number of H-pyrrole nitrogens is 1. The number of esters is 1. The number of hydrogen-bond acceptors (Lipinski definition) is 15. The molecule has 2 aromatic heterocycles. The molecule has 0 unspecified atom stereocenters. The van der Waals surface area contributed by atoms with Crippen molar-refractivity contribution < 1.29 is 47.3 Å². The maximum Gasteiger partial charge on any atom is 0.308 e. The number of benzene rings is 1. The van der Waals surface area contributed by atoms with E-state index in [0.29, 0.717) is 55.1 Å². The molecular formula is C32H45N7O13S. The van der Waals surface area contributed by atoms with Gasteiger partial charge in [0.05, 0.1) is 42.2 Å². The Morgan fingerprint density at radius 2 is 1.77 bits per heavy atom. The Kier molecular flexibility index (Phi) is 14.9. The van der Waals surface area contributed by atoms with Crippen LogP contribution in [0.1, 0.15) is 45.6 Å². The highest BCUT2D eigenvalue weighted by molar-refractivity contribution is 7.89. The molecule has 0 radical (unpaired) electrons. The lowest BCUT2D eigenvalue weighted by Crippen LogP contribution is -2.49. The number of sulfonamides is 1. The fraction of sp³-hybridized carbons (Fsp3) is 0.594. The Balaban J connectivity index is 1.35. The second-order valence-corrected chi connectivity index (χ2v) is 14.0. The van der Waals surface area contributed by atoms with E-state index >= 15 is 0 Å². The monoisotopic (exact) mass is 767 g/mol. The van der Waals surface area contributed by atoms with Crippen molar-refractivity contribution in [1.82, 2.24) is 23.7 Å². The van der Waals surface area contributed by atoms with E-state index in [-0.39, 0.29) is 49.0 Å². The minimum Gasteiger partial charge on any atom is -0.493 e. The number of aromatic amines is 1. The Bertz CT molecular complexity index is 1890. The molecular weight excluding hydrogens is 722 g/mol. The number of piperazine rings is 1. The van der Waals surface area contributed by atoms with E-state index in [1.165, 1.54) is 16.4 Å². The van der Waals surface area contributed by atoms with Crippen molar-refractivity contribution in [2.75, 3.05) is 65.8 Å². The lowest BCUT2D eigenvalue weighted by Gasteiger charge is -2.33. The van der Waals surface area contributed by atoms with Crippen molar-refractivity contribution in [3.63, 3.8) is 0 Å². The largest absolute Gasteiger partial charge is 0.493 e. The van der Waals surface area contributed by atoms with Gasteiger partial charge in [0.1, 0.15) is 30.3 Å². The summed E-state index contributed by atoms with van der Waals surface area (Å²) >= 11 is 0. The summed E-state index contributed by atoms with van der Waals surface area (Å²) in [6, 6.07) is 4.57. The number of nitrogens with one attached hydrogen (secondary N) is 1. The molecule has 1 atom stereocenters. The fourth-order valence-electron chi connectivity index (χ4n) is 5.74. The molecule has 1 aliphatic heterocycles. The van der Waals surface area contributed by atoms with Gasteiger partial charge >= 0.3 is 5.97 Å². The average molecular weight is 768 g/mol. The first-order valence-electron chi connectivity index (χ1n) is 17.3. The van der Waals surface area contributed by atoms with Gasteiger partial charge < -0.3 is 33.4 Å². The molecule has 0 amide bonds. The van der Waals surface area contributed by atoms with Crippen LogP contribution in [0.5, 0.6) is 5.75 Å². The van der Waals surface area contributed by atoms with Gasteiger partial charge in [-0.15, -0.1) is 20.2 Å². The first-order chi connectivity index (χ1) is 25.4. The van der Waals surface area contributed by atoms with Crippen LogP contribution in [0, 0.1) is 20.2 Å². The third-order valence-electron chi connectivity index (χ3n) is 8.32. The molecule has 0 aliphatic carbocycles. The predicted molar refractivity (Wildman–Crippen MR) is 188 cm³/mol. The molecule has 1 saturated heterocycles. The summed E-state index contributed by atoms with van der Waals surface area (Å²) in [4.78, 5) is 64.3. The minimum atomic E-state index is -3.95.